The normalized spacial score (nSPS) is 13.4. The number of nitrogens with two attached hydrogens (primary N) is 1. The number of benzene rings is 6. The number of carbonyl (C=O) groups is 5. The molecule has 6 aromatic carbocycles. The lowest BCUT2D eigenvalue weighted by atomic mass is 9.96. The van der Waals surface area contributed by atoms with Crippen LogP contribution < -0.4 is 56.0 Å². The Labute approximate surface area is 634 Å². The maximum Gasteiger partial charge on any atom is 0.407 e. The van der Waals surface area contributed by atoms with Crippen LogP contribution in [-0.4, -0.2) is 165 Å². The van der Waals surface area contributed by atoms with E-state index in [4.69, 9.17) is 71.0 Å². The minimum Gasteiger partial charge on any atom is -0.497 e. The number of amides is 5. The van der Waals surface area contributed by atoms with Crippen LogP contribution in [0.4, 0.5) is 19.7 Å². The lowest BCUT2D eigenvalue weighted by Crippen LogP contribution is -2.57. The average molecular weight is 1510 g/mol. The van der Waals surface area contributed by atoms with E-state index in [1.54, 1.807) is 64.6 Å². The highest BCUT2D eigenvalue weighted by atomic mass is 35.5. The van der Waals surface area contributed by atoms with E-state index >= 15 is 0 Å². The van der Waals surface area contributed by atoms with Crippen molar-refractivity contribution in [2.75, 3.05) is 92.7 Å². The number of aromatic nitrogens is 4. The number of fused-ring (bicyclic) bond motifs is 1. The van der Waals surface area contributed by atoms with Gasteiger partial charge in [-0.05, 0) is 138 Å². The molecule has 3 atom stereocenters. The van der Waals surface area contributed by atoms with E-state index in [1.807, 2.05) is 105 Å². The molecule has 1 aliphatic rings. The number of anilines is 1. The molecular formula is C78H88ClFN15O12S+. The second kappa shape index (κ2) is 38.4. The highest BCUT2D eigenvalue weighted by Crippen LogP contribution is 2.50. The number of hydrogen-bond donors (Lipinski definition) is 6. The Morgan fingerprint density at radius 2 is 1.56 bits per heavy atom. The lowest BCUT2D eigenvalue weighted by molar-refractivity contribution is -0.926. The van der Waals surface area contributed by atoms with E-state index in [1.165, 1.54) is 29.8 Å². The summed E-state index contributed by atoms with van der Waals surface area (Å²) in [5, 5.41) is 18.3. The van der Waals surface area contributed by atoms with Gasteiger partial charge in [0.15, 0.2) is 5.82 Å². The number of nitrogens with one attached hydrogen (secondary N) is 5. The first-order chi connectivity index (χ1) is 52.2. The van der Waals surface area contributed by atoms with Gasteiger partial charge in [0, 0.05) is 71.9 Å². The van der Waals surface area contributed by atoms with Gasteiger partial charge in [-0.25, -0.2) is 38.7 Å². The van der Waals surface area contributed by atoms with Gasteiger partial charge in [0.05, 0.1) is 69.2 Å². The lowest BCUT2D eigenvalue weighted by Gasteiger charge is -2.42. The molecule has 27 nitrogen and oxygen atoms in total. The summed E-state index contributed by atoms with van der Waals surface area (Å²) in [6.07, 6.45) is 1.27. The number of ether oxygens (including phenoxy) is 7. The molecule has 0 spiro atoms. The summed E-state index contributed by atoms with van der Waals surface area (Å²) in [6.45, 7) is 10.7. The molecule has 566 valence electrons. The first-order valence-electron chi connectivity index (χ1n) is 35.2. The number of nitrogens with zero attached hydrogens (tertiary/aromatic N) is 9. The van der Waals surface area contributed by atoms with Crippen molar-refractivity contribution in [3.05, 3.63) is 201 Å². The van der Waals surface area contributed by atoms with Gasteiger partial charge in [0.1, 0.15) is 78.4 Å². The second-order valence-corrected chi connectivity index (χ2v) is 27.7. The Kier molecular flexibility index (Phi) is 28.2. The van der Waals surface area contributed by atoms with Gasteiger partial charge in [0.2, 0.25) is 23.8 Å². The summed E-state index contributed by atoms with van der Waals surface area (Å²) in [5.74, 6) is 0.171. The Balaban J connectivity index is 0.827. The number of carbonyl (C=O) groups excluding carboxylic acids is 5. The van der Waals surface area contributed by atoms with E-state index in [9.17, 15) is 28.4 Å². The fourth-order valence-corrected chi connectivity index (χ4v) is 13.8. The van der Waals surface area contributed by atoms with Crippen LogP contribution in [0.1, 0.15) is 60.2 Å². The maximum absolute atomic E-state index is 14.7. The van der Waals surface area contributed by atoms with Crippen molar-refractivity contribution in [2.24, 2.45) is 16.8 Å². The Morgan fingerprint density at radius 1 is 0.806 bits per heavy atom. The monoisotopic (exact) mass is 1510 g/mol. The van der Waals surface area contributed by atoms with Crippen molar-refractivity contribution in [2.45, 2.75) is 84.5 Å². The zero-order valence-electron chi connectivity index (χ0n) is 61.1. The van der Waals surface area contributed by atoms with Crippen LogP contribution in [0, 0.1) is 18.7 Å². The number of likely N-dealkylation sites (N-methyl/N-ethyl adjacent to an activating group) is 1. The summed E-state index contributed by atoms with van der Waals surface area (Å²) in [5.41, 5.74) is 21.8. The molecule has 3 aromatic heterocycles. The number of quaternary nitrogens is 1. The minimum absolute atomic E-state index is 0.0147. The SMILES string of the molecule is CNCc1cc(NC(=O)[C@H](CCCNC(N)=O)NC(=O)[C@@H](NC(=O)OCCN=[N+]=[N-])C(C)C)ccc1C[N+]1(C)CCN(CCOc2ccc(-c3c(-c4ccc(F)cc4)sc4ncnc(O[C@H](Cc5ccccc5OCc5ccnc(-c6ccccc6OC)n5)C(=O)OCc5ccc(OC)cc5)c34)c(C)c2Cl)CC1. The molecule has 0 saturated carbocycles. The third kappa shape index (κ3) is 21.3. The van der Waals surface area contributed by atoms with E-state index in [0.29, 0.717) is 116 Å². The number of primary amides is 1. The van der Waals surface area contributed by atoms with Gasteiger partial charge < -0.3 is 70.0 Å². The molecule has 108 heavy (non-hydrogen) atoms. The van der Waals surface area contributed by atoms with E-state index in [2.05, 4.69) is 53.5 Å². The van der Waals surface area contributed by atoms with Crippen molar-refractivity contribution < 1.29 is 66.0 Å². The molecule has 0 bridgehead atoms. The minimum atomic E-state index is -1.29. The smallest absolute Gasteiger partial charge is 0.407 e. The van der Waals surface area contributed by atoms with Gasteiger partial charge in [-0.3, -0.25) is 14.5 Å². The van der Waals surface area contributed by atoms with Crippen LogP contribution in [0.15, 0.2) is 151 Å². The van der Waals surface area contributed by atoms with Crippen LogP contribution in [0.25, 0.3) is 53.6 Å². The Hall–Kier alpha value is -11.2. The molecule has 10 rings (SSSR count). The number of para-hydroxylation sites is 2. The van der Waals surface area contributed by atoms with Gasteiger partial charge >= 0.3 is 18.1 Å². The highest BCUT2D eigenvalue weighted by molar-refractivity contribution is 7.22. The van der Waals surface area contributed by atoms with Crippen LogP contribution in [0.2, 0.25) is 5.02 Å². The summed E-state index contributed by atoms with van der Waals surface area (Å²) in [7, 11) is 7.25. The fourth-order valence-electron chi connectivity index (χ4n) is 12.5. The van der Waals surface area contributed by atoms with E-state index < -0.39 is 59.8 Å². The molecule has 0 unspecified atom stereocenters. The number of halogens is 2. The predicted molar refractivity (Wildman–Crippen MR) is 409 cm³/mol. The van der Waals surface area contributed by atoms with Crippen molar-refractivity contribution in [3.63, 3.8) is 0 Å². The first-order valence-corrected chi connectivity index (χ1v) is 36.4. The van der Waals surface area contributed by atoms with Crippen molar-refractivity contribution in [3.8, 4) is 61.8 Å². The van der Waals surface area contributed by atoms with Crippen LogP contribution in [-0.2, 0) is 56.6 Å². The number of piperazine rings is 1. The zero-order valence-corrected chi connectivity index (χ0v) is 62.7. The van der Waals surface area contributed by atoms with Crippen LogP contribution in [0.3, 0.4) is 0 Å². The highest BCUT2D eigenvalue weighted by Gasteiger charge is 2.34. The predicted octanol–water partition coefficient (Wildman–Crippen LogP) is 11.9. The van der Waals surface area contributed by atoms with Crippen molar-refractivity contribution >= 4 is 68.7 Å². The second-order valence-electron chi connectivity index (χ2n) is 26.3. The fraction of sp³-hybridized carbons (Fsp3) is 0.346. The molecule has 0 aliphatic carbocycles. The van der Waals surface area contributed by atoms with E-state index in [0.717, 1.165) is 57.8 Å². The number of urea groups is 1. The molecule has 1 aliphatic heterocycles. The summed E-state index contributed by atoms with van der Waals surface area (Å²) in [6, 6.07) is 36.6. The molecular weight excluding hydrogens is 1430 g/mol. The number of thiophene rings is 1. The molecule has 7 N–H and O–H groups in total. The summed E-state index contributed by atoms with van der Waals surface area (Å²) < 4.78 is 57.4. The van der Waals surface area contributed by atoms with Gasteiger partial charge in [-0.15, -0.1) is 11.3 Å². The largest absolute Gasteiger partial charge is 0.497 e. The van der Waals surface area contributed by atoms with E-state index in [-0.39, 0.29) is 51.6 Å². The molecule has 5 amide bonds. The quantitative estimate of drug-likeness (QED) is 0.00530. The topological polar surface area (TPSA) is 340 Å². The van der Waals surface area contributed by atoms with Crippen molar-refractivity contribution in [1.29, 1.82) is 0 Å². The summed E-state index contributed by atoms with van der Waals surface area (Å²) in [4.78, 5) is 91.5. The molecule has 1 saturated heterocycles. The average Bonchev–Trinajstić information content (AvgIpc) is 1.57. The van der Waals surface area contributed by atoms with Gasteiger partial charge in [-0.1, -0.05) is 97.3 Å². The Bertz CT molecular complexity index is 4660. The van der Waals surface area contributed by atoms with Crippen molar-refractivity contribution in [1.82, 2.24) is 46.1 Å². The van der Waals surface area contributed by atoms with Crippen LogP contribution in [0.5, 0.6) is 28.9 Å². The molecule has 0 radical (unpaired) electrons. The zero-order chi connectivity index (χ0) is 76.7. The number of azide groups is 1. The van der Waals surface area contributed by atoms with Crippen LogP contribution >= 0.6 is 22.9 Å². The third-order valence-corrected chi connectivity index (χ3v) is 20.0. The number of esters is 1. The molecule has 4 heterocycles. The first kappa shape index (κ1) is 79.4. The Morgan fingerprint density at radius 3 is 2.30 bits per heavy atom. The number of alkyl carbamates (subject to hydrolysis) is 1. The standard InChI is InChI=1S/C78H87ClFN15O12S/c1-48(2)69(92-78(100)104-39-33-88-93-82)73(97)91-61(15-12-31-85-77(81)99)72(96)90-56-25-22-53(54(41-56)43-83-4)44-95(5)37-34-94(35-38-95)36-40-103-64-29-28-59(49(3)68(64)79)66-67-74(86-47-87-75(67)108-70(66)51-20-23-55(80)24-21-51)107-65(76(98)106-45-50-18-26-58(101-6)27-19-50)42-52-13-8-10-16-62(52)105-46-57-30-32-84-71(89-57)60-14-9-11-17-63(60)102-7/h8-11,13-14,16-30,32,41,47-48,61,65,69,83H,12,15,31,33-40,42-46H2,1-7H3,(H5-,81,85,90,91,92,96,97,99,100)/p+1/t61-,65+,69-/m0/s1. The number of methoxy groups -OCH3 is 2. The molecule has 30 heteroatoms. The van der Waals surface area contributed by atoms with Gasteiger partial charge in [0.25, 0.3) is 0 Å². The number of hydrogen-bond acceptors (Lipinski definition) is 20. The summed E-state index contributed by atoms with van der Waals surface area (Å²) >= 11 is 8.73. The maximum atomic E-state index is 14.7. The molecule has 9 aromatic rings. The van der Waals surface area contributed by atoms with Gasteiger partial charge in [-0.2, -0.15) is 0 Å². The third-order valence-electron chi connectivity index (χ3n) is 18.3. The number of rotatable bonds is 36. The molecule has 1 fully saturated rings.